The minimum absolute atomic E-state index is 0.0799. The molecule has 1 atom stereocenters. The van der Waals surface area contributed by atoms with Crippen LogP contribution in [0.15, 0.2) is 34.2 Å². The predicted octanol–water partition coefficient (Wildman–Crippen LogP) is 1.90. The molecular formula is C20H32N4O3S. The number of nitrogens with zero attached hydrogens (tertiary/aromatic N) is 3. The van der Waals surface area contributed by atoms with Gasteiger partial charge in [-0.2, -0.15) is 4.31 Å². The van der Waals surface area contributed by atoms with Gasteiger partial charge in [0.1, 0.15) is 0 Å². The van der Waals surface area contributed by atoms with Gasteiger partial charge >= 0.3 is 0 Å². The highest BCUT2D eigenvalue weighted by Gasteiger charge is 2.42. The van der Waals surface area contributed by atoms with E-state index in [9.17, 15) is 8.42 Å². The molecule has 7 nitrogen and oxygen atoms in total. The lowest BCUT2D eigenvalue weighted by Crippen LogP contribution is -2.41. The smallest absolute Gasteiger partial charge is 0.243 e. The van der Waals surface area contributed by atoms with Crippen molar-refractivity contribution in [1.29, 1.82) is 0 Å². The summed E-state index contributed by atoms with van der Waals surface area (Å²) in [7, 11) is -0.0375. The molecule has 2 aliphatic rings. The molecule has 1 N–H and O–H groups in total. The maximum absolute atomic E-state index is 12.6. The van der Waals surface area contributed by atoms with Gasteiger partial charge < -0.3 is 15.0 Å². The van der Waals surface area contributed by atoms with E-state index in [1.807, 2.05) is 26.0 Å². The van der Waals surface area contributed by atoms with E-state index in [-0.39, 0.29) is 11.5 Å². The van der Waals surface area contributed by atoms with Crippen molar-refractivity contribution in [3.05, 3.63) is 29.8 Å². The molecule has 0 aromatic heterocycles. The molecule has 8 heteroatoms. The molecular weight excluding hydrogens is 376 g/mol. The van der Waals surface area contributed by atoms with Crippen LogP contribution in [0.1, 0.15) is 32.3 Å². The van der Waals surface area contributed by atoms with Crippen LogP contribution in [0.3, 0.4) is 0 Å². The van der Waals surface area contributed by atoms with E-state index in [0.29, 0.717) is 11.4 Å². The molecule has 0 bridgehead atoms. The fourth-order valence-electron chi connectivity index (χ4n) is 3.82. The van der Waals surface area contributed by atoms with Crippen molar-refractivity contribution in [2.24, 2.45) is 10.4 Å². The largest absolute Gasteiger partial charge is 0.381 e. The van der Waals surface area contributed by atoms with Crippen LogP contribution in [-0.4, -0.2) is 70.0 Å². The molecule has 2 saturated heterocycles. The summed E-state index contributed by atoms with van der Waals surface area (Å²) >= 11 is 0. The SMILES string of the molecule is CN=C(NCc1ccc(S(=O)(=O)N(C)C(C)C)cc1)N1CCC2(CCOC2)C1. The van der Waals surface area contributed by atoms with Crippen LogP contribution in [0.2, 0.25) is 0 Å². The zero-order chi connectivity index (χ0) is 20.4. The first-order valence-corrected chi connectivity index (χ1v) is 11.3. The molecule has 0 aliphatic carbocycles. The van der Waals surface area contributed by atoms with Crippen molar-refractivity contribution in [2.75, 3.05) is 40.4 Å². The second-order valence-electron chi connectivity index (χ2n) is 8.13. The van der Waals surface area contributed by atoms with E-state index in [1.54, 1.807) is 26.2 Å². The Morgan fingerprint density at radius 1 is 1.32 bits per heavy atom. The average Bonchev–Trinajstić information content (AvgIpc) is 3.32. The number of guanidine groups is 1. The Hall–Kier alpha value is -1.64. The lowest BCUT2D eigenvalue weighted by molar-refractivity contribution is 0.156. The second-order valence-corrected chi connectivity index (χ2v) is 10.1. The van der Waals surface area contributed by atoms with Gasteiger partial charge in [-0.1, -0.05) is 12.1 Å². The highest BCUT2D eigenvalue weighted by molar-refractivity contribution is 7.89. The number of sulfonamides is 1. The van der Waals surface area contributed by atoms with E-state index >= 15 is 0 Å². The molecule has 0 saturated carbocycles. The normalized spacial score (nSPS) is 23.4. The van der Waals surface area contributed by atoms with Crippen molar-refractivity contribution < 1.29 is 13.2 Å². The number of hydrogen-bond donors (Lipinski definition) is 1. The van der Waals surface area contributed by atoms with Gasteiger partial charge in [0.05, 0.1) is 11.5 Å². The highest BCUT2D eigenvalue weighted by Crippen LogP contribution is 2.38. The van der Waals surface area contributed by atoms with Crippen molar-refractivity contribution in [1.82, 2.24) is 14.5 Å². The molecule has 2 aliphatic heterocycles. The summed E-state index contributed by atoms with van der Waals surface area (Å²) in [6.07, 6.45) is 2.27. The summed E-state index contributed by atoms with van der Waals surface area (Å²) < 4.78 is 32.1. The van der Waals surface area contributed by atoms with Crippen molar-refractivity contribution >= 4 is 16.0 Å². The van der Waals surface area contributed by atoms with Gasteiger partial charge in [0.15, 0.2) is 5.96 Å². The summed E-state index contributed by atoms with van der Waals surface area (Å²) in [5, 5.41) is 3.41. The molecule has 1 unspecified atom stereocenters. The van der Waals surface area contributed by atoms with E-state index in [0.717, 1.165) is 50.7 Å². The van der Waals surface area contributed by atoms with Gasteiger partial charge in [-0.3, -0.25) is 4.99 Å². The van der Waals surface area contributed by atoms with E-state index in [1.165, 1.54) is 4.31 Å². The molecule has 0 radical (unpaired) electrons. The number of benzene rings is 1. The Bertz CT molecular complexity index is 799. The Morgan fingerprint density at radius 3 is 2.61 bits per heavy atom. The Morgan fingerprint density at radius 2 is 2.04 bits per heavy atom. The van der Waals surface area contributed by atoms with Gasteiger partial charge in [0, 0.05) is 51.8 Å². The van der Waals surface area contributed by atoms with Gasteiger partial charge in [0.2, 0.25) is 10.0 Å². The number of ether oxygens (including phenoxy) is 1. The summed E-state index contributed by atoms with van der Waals surface area (Å²) in [4.78, 5) is 7.04. The monoisotopic (exact) mass is 408 g/mol. The van der Waals surface area contributed by atoms with Crippen molar-refractivity contribution in [3.8, 4) is 0 Å². The fraction of sp³-hybridized carbons (Fsp3) is 0.650. The minimum atomic E-state index is -3.45. The van der Waals surface area contributed by atoms with Crippen molar-refractivity contribution in [2.45, 2.75) is 44.2 Å². The van der Waals surface area contributed by atoms with Crippen LogP contribution >= 0.6 is 0 Å². The third-order valence-electron chi connectivity index (χ3n) is 5.91. The molecule has 28 heavy (non-hydrogen) atoms. The predicted molar refractivity (Wildman–Crippen MR) is 111 cm³/mol. The lowest BCUT2D eigenvalue weighted by atomic mass is 9.87. The summed E-state index contributed by atoms with van der Waals surface area (Å²) in [6, 6.07) is 6.99. The quantitative estimate of drug-likeness (QED) is 0.595. The molecule has 1 spiro atoms. The van der Waals surface area contributed by atoms with Crippen LogP contribution in [-0.2, 0) is 21.3 Å². The molecule has 2 fully saturated rings. The average molecular weight is 409 g/mol. The zero-order valence-corrected chi connectivity index (χ0v) is 18.1. The maximum atomic E-state index is 12.6. The molecule has 156 valence electrons. The van der Waals surface area contributed by atoms with Gasteiger partial charge in [-0.25, -0.2) is 8.42 Å². The van der Waals surface area contributed by atoms with E-state index in [2.05, 4.69) is 15.2 Å². The van der Waals surface area contributed by atoms with Crippen LogP contribution in [0, 0.1) is 5.41 Å². The maximum Gasteiger partial charge on any atom is 0.243 e. The van der Waals surface area contributed by atoms with Crippen LogP contribution in [0.4, 0.5) is 0 Å². The Balaban J connectivity index is 1.60. The summed E-state index contributed by atoms with van der Waals surface area (Å²) in [6.45, 7) is 8.01. The van der Waals surface area contributed by atoms with Crippen LogP contribution < -0.4 is 5.32 Å². The number of aliphatic imine (C=N–C) groups is 1. The first kappa shape index (κ1) is 21.1. The number of nitrogens with one attached hydrogen (secondary N) is 1. The number of likely N-dealkylation sites (tertiary alicyclic amines) is 1. The topological polar surface area (TPSA) is 74.2 Å². The lowest BCUT2D eigenvalue weighted by Gasteiger charge is -2.25. The Kier molecular flexibility index (Phi) is 6.31. The first-order valence-electron chi connectivity index (χ1n) is 9.88. The second kappa shape index (κ2) is 8.39. The zero-order valence-electron chi connectivity index (χ0n) is 17.3. The van der Waals surface area contributed by atoms with Gasteiger partial charge in [-0.15, -0.1) is 0 Å². The fourth-order valence-corrected chi connectivity index (χ4v) is 5.19. The van der Waals surface area contributed by atoms with Gasteiger partial charge in [0.25, 0.3) is 0 Å². The number of hydrogen-bond acceptors (Lipinski definition) is 4. The van der Waals surface area contributed by atoms with Crippen LogP contribution in [0.25, 0.3) is 0 Å². The van der Waals surface area contributed by atoms with Gasteiger partial charge in [-0.05, 0) is 44.4 Å². The first-order chi connectivity index (χ1) is 13.3. The van der Waals surface area contributed by atoms with Crippen molar-refractivity contribution in [3.63, 3.8) is 0 Å². The highest BCUT2D eigenvalue weighted by atomic mass is 32.2. The standard InChI is InChI=1S/C20H32N4O3S/c1-16(2)23(4)28(25,26)18-7-5-17(6-8-18)13-22-19(21-3)24-11-9-20(14-24)10-12-27-15-20/h5-8,16H,9-15H2,1-4H3,(H,21,22). The number of rotatable bonds is 5. The third-order valence-corrected chi connectivity index (χ3v) is 7.96. The molecule has 1 aromatic rings. The van der Waals surface area contributed by atoms with E-state index < -0.39 is 10.0 Å². The third kappa shape index (κ3) is 4.34. The summed E-state index contributed by atoms with van der Waals surface area (Å²) in [5.41, 5.74) is 1.31. The Labute approximate surface area is 168 Å². The molecule has 1 aromatic carbocycles. The van der Waals surface area contributed by atoms with E-state index in [4.69, 9.17) is 4.74 Å². The minimum Gasteiger partial charge on any atom is -0.381 e. The summed E-state index contributed by atoms with van der Waals surface area (Å²) in [5.74, 6) is 0.889. The van der Waals surface area contributed by atoms with Crippen LogP contribution in [0.5, 0.6) is 0 Å². The molecule has 3 rings (SSSR count). The molecule has 0 amide bonds. The molecule has 2 heterocycles.